The van der Waals surface area contributed by atoms with Gasteiger partial charge in [0.2, 0.25) is 0 Å². The lowest BCUT2D eigenvalue weighted by molar-refractivity contribution is 0.0705. The van der Waals surface area contributed by atoms with Crippen LogP contribution >= 0.6 is 0 Å². The standard InChI is InChI=1S/C37H52O5S.C36H49N3O5S.CH4/c1-3-4-5-6-9-20-40-34-16-12-30(13-17-34)36(37-32-24-28-23-29(26-32)27-33(37)25-28)31-14-18-35(19-15-31)41-21-10-7-8-11-22-42-43(2,38)39;1-45(40,41)44-21-9-5-4-8-20-43-34-16-12-30(13-17-34)35(36-31-23-27-22-28(25-31)26-32(36)24-27)29-10-14-33(15-11-29)42-19-7-3-2-6-18-38-39-37;/h12-19,28-29,32-33H,3-11,20-27H2,1-2H3;10-17,27-28,31-32H,2-9,18-26H2,1H3;1H4. The summed E-state index contributed by atoms with van der Waals surface area (Å²) in [5, 5.41) is 3.60. The van der Waals surface area contributed by atoms with Crippen LogP contribution in [-0.4, -0.2) is 75.5 Å². The van der Waals surface area contributed by atoms with Crippen molar-refractivity contribution in [3.63, 3.8) is 0 Å². The van der Waals surface area contributed by atoms with E-state index in [-0.39, 0.29) is 20.6 Å². The van der Waals surface area contributed by atoms with E-state index >= 15 is 0 Å². The Hall–Kier alpha value is -5.31. The Kier molecular flexibility index (Phi) is 27.7. The van der Waals surface area contributed by atoms with E-state index in [9.17, 15) is 16.8 Å². The Balaban J connectivity index is 0.000000228. The molecule has 0 N–H and O–H groups in total. The minimum Gasteiger partial charge on any atom is -0.494 e. The van der Waals surface area contributed by atoms with Gasteiger partial charge >= 0.3 is 0 Å². The molecule has 8 bridgehead atoms. The highest BCUT2D eigenvalue weighted by Gasteiger charge is 2.47. The van der Waals surface area contributed by atoms with E-state index in [1.54, 1.807) is 11.1 Å². The van der Waals surface area contributed by atoms with Crippen LogP contribution in [-0.2, 0) is 28.6 Å². The molecule has 8 saturated carbocycles. The van der Waals surface area contributed by atoms with E-state index < -0.39 is 20.2 Å². The molecule has 0 amide bonds. The van der Waals surface area contributed by atoms with Crippen LogP contribution in [0.4, 0.5) is 0 Å². The highest BCUT2D eigenvalue weighted by molar-refractivity contribution is 7.86. The predicted molar refractivity (Wildman–Crippen MR) is 360 cm³/mol. The van der Waals surface area contributed by atoms with Gasteiger partial charge < -0.3 is 18.9 Å². The van der Waals surface area contributed by atoms with Crippen molar-refractivity contribution < 1.29 is 44.1 Å². The molecule has 0 aromatic heterocycles. The molecule has 0 atom stereocenters. The summed E-state index contributed by atoms with van der Waals surface area (Å²) in [5.74, 6) is 10.2. The van der Waals surface area contributed by atoms with Crippen LogP contribution in [0.2, 0.25) is 0 Å². The molecule has 0 spiro atoms. The Bertz CT molecular complexity index is 3060. The van der Waals surface area contributed by atoms with Gasteiger partial charge in [-0.1, -0.05) is 131 Å². The van der Waals surface area contributed by atoms with Crippen molar-refractivity contribution in [1.29, 1.82) is 0 Å². The summed E-state index contributed by atoms with van der Waals surface area (Å²) in [6.07, 6.45) is 33.4. The molecule has 0 heterocycles. The van der Waals surface area contributed by atoms with Gasteiger partial charge in [-0.25, -0.2) is 0 Å². The number of benzene rings is 4. The molecule has 4 aromatic rings. The quantitative estimate of drug-likeness (QED) is 0.0139. The average molecular weight is 1260 g/mol. The molecule has 8 fully saturated rings. The van der Waals surface area contributed by atoms with Gasteiger partial charge in [-0.15, -0.1) is 0 Å². The van der Waals surface area contributed by atoms with Gasteiger partial charge in [-0.05, 0) is 257 Å². The summed E-state index contributed by atoms with van der Waals surface area (Å²) >= 11 is 0. The summed E-state index contributed by atoms with van der Waals surface area (Å²) in [4.78, 5) is 2.81. The first-order valence-corrected chi connectivity index (χ1v) is 37.5. The second kappa shape index (κ2) is 35.5. The number of ether oxygens (including phenoxy) is 4. The molecule has 8 aliphatic rings. The van der Waals surface area contributed by atoms with E-state index in [4.69, 9.17) is 32.8 Å². The Morgan fingerprint density at radius 1 is 0.393 bits per heavy atom. The molecule has 12 rings (SSSR count). The Labute approximate surface area is 535 Å². The highest BCUT2D eigenvalue weighted by Crippen LogP contribution is 2.60. The van der Waals surface area contributed by atoms with Crippen molar-refractivity contribution in [3.05, 3.63) is 141 Å². The van der Waals surface area contributed by atoms with Crippen molar-refractivity contribution in [2.75, 3.05) is 58.7 Å². The largest absolute Gasteiger partial charge is 0.494 e. The van der Waals surface area contributed by atoms with Crippen LogP contribution in [0.15, 0.2) is 113 Å². The van der Waals surface area contributed by atoms with E-state index in [1.807, 2.05) is 0 Å². The van der Waals surface area contributed by atoms with Crippen molar-refractivity contribution in [2.24, 2.45) is 52.5 Å². The molecule has 89 heavy (non-hydrogen) atoms. The van der Waals surface area contributed by atoms with Crippen molar-refractivity contribution in [2.45, 2.75) is 188 Å². The van der Waals surface area contributed by atoms with Gasteiger partial charge in [-0.2, -0.15) is 16.8 Å². The molecule has 15 heteroatoms. The van der Waals surface area contributed by atoms with Gasteiger partial charge in [0.15, 0.2) is 0 Å². The zero-order valence-electron chi connectivity index (χ0n) is 53.1. The lowest BCUT2D eigenvalue weighted by Crippen LogP contribution is -2.40. The number of azide groups is 1. The number of allylic oxidation sites excluding steroid dienone is 2. The SMILES string of the molecule is C.CCCCCCCOc1ccc(C(=C2C3CC4CC(C3)CC2C4)c2ccc(OCCCCCCOS(C)(=O)=O)cc2)cc1.CS(=O)(=O)OCCCCCCOc1ccc(C(=C2C3CC4CC(C3)CC2C4)c2ccc(OCCCCCCN=[N+]=[N-])cc2)cc1. The fraction of sp³-hybridized carbons (Fsp3) is 0.622. The zero-order chi connectivity index (χ0) is 61.6. The molecular weight excluding hydrogens is 1150 g/mol. The summed E-state index contributed by atoms with van der Waals surface area (Å²) in [5.41, 5.74) is 19.8. The molecule has 0 aliphatic heterocycles. The van der Waals surface area contributed by atoms with Crippen molar-refractivity contribution in [3.8, 4) is 23.0 Å². The number of hydrogen-bond donors (Lipinski definition) is 0. The van der Waals surface area contributed by atoms with Gasteiger partial charge in [0.05, 0.1) is 52.2 Å². The molecule has 0 saturated heterocycles. The summed E-state index contributed by atoms with van der Waals surface area (Å²) < 4.78 is 78.2. The van der Waals surface area contributed by atoms with Crippen LogP contribution < -0.4 is 18.9 Å². The lowest BCUT2D eigenvalue weighted by Gasteiger charge is -2.52. The fourth-order valence-electron chi connectivity index (χ4n) is 15.8. The monoisotopic (exact) mass is 1260 g/mol. The topological polar surface area (TPSA) is 172 Å². The van der Waals surface area contributed by atoms with Crippen LogP contribution in [0.3, 0.4) is 0 Å². The van der Waals surface area contributed by atoms with Gasteiger partial charge in [-0.3, -0.25) is 8.37 Å². The number of rotatable bonds is 37. The summed E-state index contributed by atoms with van der Waals surface area (Å²) in [6, 6.07) is 35.1. The van der Waals surface area contributed by atoms with E-state index in [2.05, 4.69) is 114 Å². The van der Waals surface area contributed by atoms with Gasteiger partial charge in [0.25, 0.3) is 20.2 Å². The van der Waals surface area contributed by atoms with E-state index in [0.29, 0.717) is 38.2 Å². The van der Waals surface area contributed by atoms with E-state index in [0.717, 1.165) is 161 Å². The van der Waals surface area contributed by atoms with Crippen LogP contribution in [0.5, 0.6) is 23.0 Å². The average Bonchev–Trinajstić information content (AvgIpc) is 0.871. The number of hydrogen-bond acceptors (Lipinski definition) is 11. The third kappa shape index (κ3) is 21.9. The first-order chi connectivity index (χ1) is 42.8. The minimum atomic E-state index is -3.35. The normalized spacial score (nSPS) is 22.0. The third-order valence-electron chi connectivity index (χ3n) is 19.4. The van der Waals surface area contributed by atoms with Crippen LogP contribution in [0, 0.1) is 47.3 Å². The van der Waals surface area contributed by atoms with Crippen LogP contribution in [0.1, 0.15) is 210 Å². The molecule has 0 unspecified atom stereocenters. The van der Waals surface area contributed by atoms with Crippen molar-refractivity contribution >= 4 is 31.4 Å². The van der Waals surface area contributed by atoms with Gasteiger partial charge in [0, 0.05) is 11.5 Å². The molecule has 488 valence electrons. The molecule has 0 radical (unpaired) electrons. The maximum absolute atomic E-state index is 11.1. The predicted octanol–water partition coefficient (Wildman–Crippen LogP) is 19.0. The smallest absolute Gasteiger partial charge is 0.264 e. The first-order valence-electron chi connectivity index (χ1n) is 33.9. The summed E-state index contributed by atoms with van der Waals surface area (Å²) in [6.45, 7) is 6.13. The molecule has 4 aromatic carbocycles. The molecule has 8 aliphatic carbocycles. The lowest BCUT2D eigenvalue weighted by atomic mass is 9.53. The van der Waals surface area contributed by atoms with Crippen LogP contribution in [0.25, 0.3) is 21.6 Å². The van der Waals surface area contributed by atoms with Gasteiger partial charge in [0.1, 0.15) is 23.0 Å². The first kappa shape index (κ1) is 69.6. The van der Waals surface area contributed by atoms with Crippen molar-refractivity contribution in [1.82, 2.24) is 0 Å². The highest BCUT2D eigenvalue weighted by atomic mass is 32.2. The van der Waals surface area contributed by atoms with E-state index in [1.165, 1.54) is 123 Å². The Morgan fingerprint density at radius 2 is 0.652 bits per heavy atom. The minimum absolute atomic E-state index is 0. The molecular formula is C74H105N3O10S2. The second-order valence-corrected chi connectivity index (χ2v) is 29.7. The fourth-order valence-corrected chi connectivity index (χ4v) is 16.6. The summed E-state index contributed by atoms with van der Waals surface area (Å²) in [7, 11) is -6.69. The zero-order valence-corrected chi connectivity index (χ0v) is 54.8. The second-order valence-electron chi connectivity index (χ2n) is 26.4. The number of unbranched alkanes of at least 4 members (excludes halogenated alkanes) is 13. The number of nitrogens with zero attached hydrogens (tertiary/aromatic N) is 3. The molecule has 13 nitrogen and oxygen atoms in total. The Morgan fingerprint density at radius 3 is 0.910 bits per heavy atom. The maximum atomic E-state index is 11.1. The maximum Gasteiger partial charge on any atom is 0.264 e. The third-order valence-corrected chi connectivity index (χ3v) is 20.6.